The molecule has 4 rings (SSSR count). The molecule has 0 atom stereocenters. The molecule has 0 aromatic heterocycles. The third-order valence-electron chi connectivity index (χ3n) is 7.00. The van der Waals surface area contributed by atoms with Crippen molar-refractivity contribution in [1.29, 1.82) is 0 Å². The van der Waals surface area contributed by atoms with Crippen LogP contribution < -0.4 is 14.2 Å². The Labute approximate surface area is 307 Å². The second-order valence-electron chi connectivity index (χ2n) is 11.2. The molecule has 4 aromatic carbocycles. The van der Waals surface area contributed by atoms with Crippen LogP contribution in [-0.4, -0.2) is 61.6 Å². The minimum Gasteiger partial charge on any atom is -0.494 e. The van der Waals surface area contributed by atoms with E-state index in [9.17, 15) is 19.2 Å². The summed E-state index contributed by atoms with van der Waals surface area (Å²) in [7, 11) is 0. The van der Waals surface area contributed by atoms with Crippen LogP contribution in [0, 0.1) is 13.8 Å². The molecule has 0 aliphatic rings. The number of aliphatic hydroxyl groups excluding tert-OH is 1. The fourth-order valence-electron chi connectivity index (χ4n) is 4.13. The highest BCUT2D eigenvalue weighted by Crippen LogP contribution is 2.26. The van der Waals surface area contributed by atoms with Crippen molar-refractivity contribution in [3.05, 3.63) is 123 Å². The molecule has 0 amide bonds. The number of carbonyl (C=O) groups is 4. The minimum atomic E-state index is -0.660. The fourth-order valence-corrected chi connectivity index (χ4v) is 4.71. The summed E-state index contributed by atoms with van der Waals surface area (Å²) in [6.07, 6.45) is 2.04. The van der Waals surface area contributed by atoms with Gasteiger partial charge in [0, 0.05) is 11.1 Å². The maximum Gasteiger partial charge on any atom is 0.344 e. The van der Waals surface area contributed by atoms with Gasteiger partial charge < -0.3 is 28.8 Å². The van der Waals surface area contributed by atoms with E-state index in [1.807, 2.05) is 26.0 Å². The van der Waals surface area contributed by atoms with Gasteiger partial charge in [-0.15, -0.1) is 0 Å². The lowest BCUT2D eigenvalue weighted by Crippen LogP contribution is -2.19. The number of halogens is 2. The minimum absolute atomic E-state index is 0.0949. The Morgan fingerprint density at radius 1 is 0.608 bits per heavy atom. The predicted octanol–water partition coefficient (Wildman–Crippen LogP) is 7.58. The summed E-state index contributed by atoms with van der Waals surface area (Å²) in [5, 5.41) is 9.78. The van der Waals surface area contributed by atoms with Crippen LogP contribution in [0.15, 0.2) is 84.9 Å². The zero-order chi connectivity index (χ0) is 37.2. The van der Waals surface area contributed by atoms with E-state index in [0.717, 1.165) is 24.0 Å². The lowest BCUT2D eigenvalue weighted by molar-refractivity contribution is -0.145. The van der Waals surface area contributed by atoms with Gasteiger partial charge in [0.15, 0.2) is 38.0 Å². The Bertz CT molecular complexity index is 1760. The Morgan fingerprint density at radius 2 is 1.06 bits per heavy atom. The second-order valence-corrected chi connectivity index (χ2v) is 12.0. The third-order valence-corrected chi connectivity index (χ3v) is 7.59. The van der Waals surface area contributed by atoms with E-state index in [0.29, 0.717) is 50.6 Å². The third kappa shape index (κ3) is 14.5. The van der Waals surface area contributed by atoms with Crippen molar-refractivity contribution < 1.29 is 48.0 Å². The molecule has 0 unspecified atom stereocenters. The van der Waals surface area contributed by atoms with Gasteiger partial charge in [-0.05, 0) is 85.5 Å². The van der Waals surface area contributed by atoms with Gasteiger partial charge in [0.1, 0.15) is 17.2 Å². The van der Waals surface area contributed by atoms with Crippen molar-refractivity contribution in [2.24, 2.45) is 0 Å². The maximum atomic E-state index is 12.1. The Hall–Kier alpha value is -4.90. The number of rotatable bonds is 17. The molecular formula is C39H40Cl2O10. The van der Waals surface area contributed by atoms with E-state index in [4.69, 9.17) is 52.0 Å². The molecule has 12 heteroatoms. The molecule has 4 aromatic rings. The van der Waals surface area contributed by atoms with Gasteiger partial charge in [0.25, 0.3) is 0 Å². The summed E-state index contributed by atoms with van der Waals surface area (Å²) in [6, 6.07) is 23.6. The first-order valence-electron chi connectivity index (χ1n) is 16.1. The number of ether oxygens (including phenoxy) is 5. The molecule has 10 nitrogen and oxygen atoms in total. The van der Waals surface area contributed by atoms with E-state index >= 15 is 0 Å². The number of benzene rings is 4. The van der Waals surface area contributed by atoms with Crippen LogP contribution in [0.2, 0.25) is 10.0 Å². The van der Waals surface area contributed by atoms with Gasteiger partial charge in [-0.2, -0.15) is 0 Å². The number of ketones is 2. The number of hydrogen-bond acceptors (Lipinski definition) is 10. The molecule has 0 radical (unpaired) electrons. The van der Waals surface area contributed by atoms with Crippen LogP contribution >= 0.6 is 23.2 Å². The fraction of sp³-hybridized carbons (Fsp3) is 0.282. The lowest BCUT2D eigenvalue weighted by Gasteiger charge is -2.09. The van der Waals surface area contributed by atoms with Gasteiger partial charge >= 0.3 is 11.9 Å². The summed E-state index contributed by atoms with van der Waals surface area (Å²) in [6.45, 7) is 5.06. The van der Waals surface area contributed by atoms with Gasteiger partial charge in [0.05, 0.1) is 23.3 Å². The van der Waals surface area contributed by atoms with E-state index < -0.39 is 11.9 Å². The summed E-state index contributed by atoms with van der Waals surface area (Å²) in [5.41, 5.74) is 3.53. The Balaban J connectivity index is 0.000000277. The molecule has 51 heavy (non-hydrogen) atoms. The van der Waals surface area contributed by atoms with Crippen LogP contribution in [0.4, 0.5) is 0 Å². The number of esters is 2. The van der Waals surface area contributed by atoms with Crippen LogP contribution in [-0.2, 0) is 25.7 Å². The van der Waals surface area contributed by atoms with Crippen LogP contribution in [0.1, 0.15) is 57.2 Å². The van der Waals surface area contributed by atoms with E-state index in [2.05, 4.69) is 6.92 Å². The highest BCUT2D eigenvalue weighted by atomic mass is 35.5. The quantitative estimate of drug-likeness (QED) is 0.0656. The van der Waals surface area contributed by atoms with Crippen molar-refractivity contribution in [2.45, 2.75) is 40.2 Å². The molecule has 0 aliphatic heterocycles. The van der Waals surface area contributed by atoms with Gasteiger partial charge in [-0.3, -0.25) is 9.59 Å². The molecule has 0 saturated carbocycles. The number of Topliss-reactive ketones (excluding diaryl/α,β-unsaturated/α-hetero) is 2. The summed E-state index contributed by atoms with van der Waals surface area (Å²) >= 11 is 12.0. The zero-order valence-corrected chi connectivity index (χ0v) is 30.1. The number of unbranched alkanes of at least 4 members (excludes halogenated alkanes) is 1. The topological polar surface area (TPSA) is 135 Å². The SMILES string of the molecule is CCCCOc1ccc(C(=O)COC(=O)COc2ccc(C)cc2Cl)cc1.Cc1ccc(OCC(=O)OCC(=O)c2ccc(CO)cc2)c(Cl)c1. The maximum absolute atomic E-state index is 12.1. The molecule has 0 fully saturated rings. The Morgan fingerprint density at radius 3 is 1.47 bits per heavy atom. The van der Waals surface area contributed by atoms with Crippen molar-refractivity contribution in [3.63, 3.8) is 0 Å². The summed E-state index contributed by atoms with van der Waals surface area (Å²) < 4.78 is 26.0. The molecule has 270 valence electrons. The van der Waals surface area contributed by atoms with Gasteiger partial charge in [0.2, 0.25) is 0 Å². The number of aryl methyl sites for hydroxylation is 2. The predicted molar refractivity (Wildman–Crippen MR) is 193 cm³/mol. The zero-order valence-electron chi connectivity index (χ0n) is 28.6. The normalized spacial score (nSPS) is 10.3. The van der Waals surface area contributed by atoms with E-state index in [1.165, 1.54) is 0 Å². The van der Waals surface area contributed by atoms with Crippen LogP contribution in [0.5, 0.6) is 17.2 Å². The van der Waals surface area contributed by atoms with Crippen molar-refractivity contribution in [1.82, 2.24) is 0 Å². The van der Waals surface area contributed by atoms with Crippen LogP contribution in [0.25, 0.3) is 0 Å². The highest BCUT2D eigenvalue weighted by Gasteiger charge is 2.13. The molecule has 0 spiro atoms. The van der Waals surface area contributed by atoms with Crippen LogP contribution in [0.3, 0.4) is 0 Å². The van der Waals surface area contributed by atoms with Crippen molar-refractivity contribution in [3.8, 4) is 17.2 Å². The van der Waals surface area contributed by atoms with Crippen molar-refractivity contribution in [2.75, 3.05) is 33.0 Å². The molecule has 0 saturated heterocycles. The molecule has 0 bridgehead atoms. The number of aliphatic hydroxyl groups is 1. The van der Waals surface area contributed by atoms with Gasteiger partial charge in [-0.1, -0.05) is 72.9 Å². The van der Waals surface area contributed by atoms with Gasteiger partial charge in [-0.25, -0.2) is 9.59 Å². The monoisotopic (exact) mass is 738 g/mol. The Kier molecular flexibility index (Phi) is 17.0. The summed E-state index contributed by atoms with van der Waals surface area (Å²) in [4.78, 5) is 47.4. The second kappa shape index (κ2) is 21.3. The van der Waals surface area contributed by atoms with Crippen molar-refractivity contribution >= 4 is 46.7 Å². The first-order chi connectivity index (χ1) is 24.5. The number of carbonyl (C=O) groups excluding carboxylic acids is 4. The smallest absolute Gasteiger partial charge is 0.344 e. The van der Waals surface area contributed by atoms with E-state index in [1.54, 1.807) is 72.8 Å². The largest absolute Gasteiger partial charge is 0.494 e. The molecule has 1 N–H and O–H groups in total. The molecule has 0 heterocycles. The molecular weight excluding hydrogens is 699 g/mol. The lowest BCUT2D eigenvalue weighted by atomic mass is 10.1. The highest BCUT2D eigenvalue weighted by molar-refractivity contribution is 6.32. The summed E-state index contributed by atoms with van der Waals surface area (Å²) in [5.74, 6) is -0.445. The van der Waals surface area contributed by atoms with E-state index in [-0.39, 0.29) is 44.6 Å². The standard InChI is InChI=1S/C21H23ClO5.C18H17ClO5/c1-3-4-11-25-17-8-6-16(7-9-17)19(23)13-27-21(24)14-26-20-10-5-15(2)12-18(20)22;1-12-2-7-17(15(19)8-12)23-11-18(22)24-10-16(21)14-5-3-13(9-20)4-6-14/h5-10,12H,3-4,11,13-14H2,1-2H3;2-8,20H,9-11H2,1H3. The first-order valence-corrected chi connectivity index (χ1v) is 16.8. The first kappa shape index (κ1) is 40.5. The average molecular weight is 740 g/mol. The molecule has 0 aliphatic carbocycles. The average Bonchev–Trinajstić information content (AvgIpc) is 3.12. The number of hydrogen-bond donors (Lipinski definition) is 1.